The van der Waals surface area contributed by atoms with Crippen LogP contribution in [0.3, 0.4) is 0 Å². The van der Waals surface area contributed by atoms with Gasteiger partial charge in [-0.1, -0.05) is 13.8 Å². The minimum Gasteiger partial charge on any atom is -0.302 e. The lowest BCUT2D eigenvalue weighted by Crippen LogP contribution is -2.30. The third kappa shape index (κ3) is 3.04. The van der Waals surface area contributed by atoms with E-state index in [2.05, 4.69) is 31.7 Å². The molecule has 1 saturated carbocycles. The number of hydrogen-bond donors (Lipinski definition) is 0. The van der Waals surface area contributed by atoms with Gasteiger partial charge in [0.25, 0.3) is 0 Å². The summed E-state index contributed by atoms with van der Waals surface area (Å²) >= 11 is 0. The van der Waals surface area contributed by atoms with Crippen molar-refractivity contribution in [1.82, 2.24) is 4.90 Å². The zero-order valence-corrected chi connectivity index (χ0v) is 9.14. The van der Waals surface area contributed by atoms with E-state index in [4.69, 9.17) is 6.42 Å². The molecule has 0 heterocycles. The third-order valence-electron chi connectivity index (χ3n) is 3.17. The molecule has 74 valence electrons. The van der Waals surface area contributed by atoms with Crippen LogP contribution in [0.15, 0.2) is 0 Å². The molecule has 1 fully saturated rings. The first-order valence-corrected chi connectivity index (χ1v) is 5.19. The number of hydrogen-bond acceptors (Lipinski definition) is 1. The normalized spacial score (nSPS) is 26.2. The molecular weight excluding hydrogens is 158 g/mol. The minimum atomic E-state index is 0.551. The Morgan fingerprint density at radius 1 is 1.54 bits per heavy atom. The van der Waals surface area contributed by atoms with E-state index in [0.29, 0.717) is 5.41 Å². The van der Waals surface area contributed by atoms with Crippen LogP contribution in [-0.4, -0.2) is 24.5 Å². The fraction of sp³-hybridized carbons (Fsp3) is 0.833. The predicted octanol–water partition coefficient (Wildman–Crippen LogP) is 2.52. The average Bonchev–Trinajstić information content (AvgIpc) is 2.42. The first-order chi connectivity index (χ1) is 6.05. The van der Waals surface area contributed by atoms with E-state index in [9.17, 15) is 0 Å². The van der Waals surface area contributed by atoms with E-state index in [-0.39, 0.29) is 0 Å². The maximum absolute atomic E-state index is 5.25. The Balaban J connectivity index is 2.34. The van der Waals surface area contributed by atoms with Crippen molar-refractivity contribution in [2.45, 2.75) is 45.6 Å². The Labute approximate surface area is 82.5 Å². The Morgan fingerprint density at radius 2 is 2.23 bits per heavy atom. The van der Waals surface area contributed by atoms with E-state index in [1.807, 2.05) is 0 Å². The summed E-state index contributed by atoms with van der Waals surface area (Å²) in [6, 6.07) is 0.767. The van der Waals surface area contributed by atoms with Gasteiger partial charge in [-0.3, -0.25) is 0 Å². The van der Waals surface area contributed by atoms with Crippen LogP contribution in [0.25, 0.3) is 0 Å². The summed E-state index contributed by atoms with van der Waals surface area (Å²) < 4.78 is 0. The van der Waals surface area contributed by atoms with Crippen molar-refractivity contribution < 1.29 is 0 Å². The molecule has 0 aromatic heterocycles. The molecule has 13 heavy (non-hydrogen) atoms. The van der Waals surface area contributed by atoms with Gasteiger partial charge in [0.2, 0.25) is 0 Å². The van der Waals surface area contributed by atoms with E-state index in [0.717, 1.165) is 19.0 Å². The largest absolute Gasteiger partial charge is 0.302 e. The second kappa shape index (κ2) is 4.15. The standard InChI is InChI=1S/C12H21N/c1-5-6-9-13(4)11-7-8-12(2,3)10-11/h1,11H,6-10H2,2-4H3. The van der Waals surface area contributed by atoms with Crippen LogP contribution in [0, 0.1) is 17.8 Å². The molecule has 0 saturated heterocycles. The molecule has 1 aliphatic carbocycles. The van der Waals surface area contributed by atoms with Gasteiger partial charge in [0.1, 0.15) is 0 Å². The lowest BCUT2D eigenvalue weighted by molar-refractivity contribution is 0.232. The van der Waals surface area contributed by atoms with Crippen LogP contribution >= 0.6 is 0 Å². The summed E-state index contributed by atoms with van der Waals surface area (Å²) in [5, 5.41) is 0. The van der Waals surface area contributed by atoms with Crippen LogP contribution in [-0.2, 0) is 0 Å². The Hall–Kier alpha value is -0.480. The fourth-order valence-corrected chi connectivity index (χ4v) is 2.20. The highest BCUT2D eigenvalue weighted by Crippen LogP contribution is 2.38. The molecule has 1 rings (SSSR count). The summed E-state index contributed by atoms with van der Waals surface area (Å²) in [5.41, 5.74) is 0.551. The lowest BCUT2D eigenvalue weighted by atomic mass is 9.91. The molecule has 0 spiro atoms. The van der Waals surface area contributed by atoms with E-state index < -0.39 is 0 Å². The highest BCUT2D eigenvalue weighted by molar-refractivity contribution is 4.89. The van der Waals surface area contributed by atoms with Gasteiger partial charge >= 0.3 is 0 Å². The number of nitrogens with zero attached hydrogens (tertiary/aromatic N) is 1. The van der Waals surface area contributed by atoms with Crippen molar-refractivity contribution in [3.05, 3.63) is 0 Å². The summed E-state index contributed by atoms with van der Waals surface area (Å²) in [4.78, 5) is 2.43. The van der Waals surface area contributed by atoms with Gasteiger partial charge in [0, 0.05) is 19.0 Å². The van der Waals surface area contributed by atoms with Gasteiger partial charge in [-0.05, 0) is 31.7 Å². The first kappa shape index (κ1) is 10.6. The van der Waals surface area contributed by atoms with Crippen LogP contribution in [0.1, 0.15) is 39.5 Å². The van der Waals surface area contributed by atoms with E-state index >= 15 is 0 Å². The quantitative estimate of drug-likeness (QED) is 0.602. The van der Waals surface area contributed by atoms with Crippen molar-refractivity contribution >= 4 is 0 Å². The molecule has 1 aliphatic rings. The summed E-state index contributed by atoms with van der Waals surface area (Å²) in [6.45, 7) is 5.78. The number of rotatable bonds is 3. The smallest absolute Gasteiger partial charge is 0.0214 e. The topological polar surface area (TPSA) is 3.24 Å². The zero-order chi connectivity index (χ0) is 9.90. The van der Waals surface area contributed by atoms with Crippen LogP contribution in [0.5, 0.6) is 0 Å². The van der Waals surface area contributed by atoms with E-state index in [1.54, 1.807) is 0 Å². The maximum Gasteiger partial charge on any atom is 0.0214 e. The molecule has 0 aromatic rings. The highest BCUT2D eigenvalue weighted by atomic mass is 15.1. The minimum absolute atomic E-state index is 0.551. The lowest BCUT2D eigenvalue weighted by Gasteiger charge is -2.25. The van der Waals surface area contributed by atoms with Gasteiger partial charge in [-0.2, -0.15) is 0 Å². The van der Waals surface area contributed by atoms with Crippen molar-refractivity contribution in [2.24, 2.45) is 5.41 Å². The average molecular weight is 179 g/mol. The first-order valence-electron chi connectivity index (χ1n) is 5.19. The molecule has 0 radical (unpaired) electrons. The molecule has 1 heteroatoms. The van der Waals surface area contributed by atoms with Crippen LogP contribution in [0.2, 0.25) is 0 Å². The molecule has 0 aromatic carbocycles. The van der Waals surface area contributed by atoms with Gasteiger partial charge < -0.3 is 4.90 Å². The molecule has 0 amide bonds. The third-order valence-corrected chi connectivity index (χ3v) is 3.17. The van der Waals surface area contributed by atoms with Gasteiger partial charge in [0.05, 0.1) is 0 Å². The molecule has 1 unspecified atom stereocenters. The van der Waals surface area contributed by atoms with Crippen molar-refractivity contribution in [2.75, 3.05) is 13.6 Å². The van der Waals surface area contributed by atoms with E-state index in [1.165, 1.54) is 19.3 Å². The van der Waals surface area contributed by atoms with Gasteiger partial charge in [-0.15, -0.1) is 12.3 Å². The van der Waals surface area contributed by atoms with Crippen LogP contribution in [0.4, 0.5) is 0 Å². The monoisotopic (exact) mass is 179 g/mol. The Morgan fingerprint density at radius 3 is 2.69 bits per heavy atom. The van der Waals surface area contributed by atoms with Crippen molar-refractivity contribution in [1.29, 1.82) is 0 Å². The number of terminal acetylenes is 1. The second-order valence-corrected chi connectivity index (χ2v) is 5.00. The van der Waals surface area contributed by atoms with Crippen molar-refractivity contribution in [3.63, 3.8) is 0 Å². The summed E-state index contributed by atoms with van der Waals surface area (Å²) in [7, 11) is 2.20. The van der Waals surface area contributed by atoms with Crippen molar-refractivity contribution in [3.8, 4) is 12.3 Å². The predicted molar refractivity (Wildman–Crippen MR) is 57.5 cm³/mol. The summed E-state index contributed by atoms with van der Waals surface area (Å²) in [6.07, 6.45) is 10.2. The summed E-state index contributed by atoms with van der Waals surface area (Å²) in [5.74, 6) is 2.70. The molecule has 0 N–H and O–H groups in total. The van der Waals surface area contributed by atoms with Gasteiger partial charge in [-0.25, -0.2) is 0 Å². The van der Waals surface area contributed by atoms with Gasteiger partial charge in [0.15, 0.2) is 0 Å². The molecular formula is C12H21N. The Bertz CT molecular complexity index is 200. The maximum atomic E-state index is 5.25. The Kier molecular flexibility index (Phi) is 3.39. The second-order valence-electron chi connectivity index (χ2n) is 5.00. The molecule has 0 aliphatic heterocycles. The van der Waals surface area contributed by atoms with Crippen LogP contribution < -0.4 is 0 Å². The molecule has 1 nitrogen and oxygen atoms in total. The highest BCUT2D eigenvalue weighted by Gasteiger charge is 2.32. The molecule has 0 bridgehead atoms. The molecule has 1 atom stereocenters. The zero-order valence-electron chi connectivity index (χ0n) is 9.14. The fourth-order valence-electron chi connectivity index (χ4n) is 2.20. The SMILES string of the molecule is C#CCCN(C)C1CCC(C)(C)C1.